The minimum atomic E-state index is -3.08. The highest BCUT2D eigenvalue weighted by molar-refractivity contribution is 7.91. The molecule has 2 rings (SSSR count). The zero-order chi connectivity index (χ0) is 12.7. The van der Waals surface area contributed by atoms with Crippen molar-refractivity contribution in [2.24, 2.45) is 11.1 Å². The highest BCUT2D eigenvalue weighted by Gasteiger charge is 2.47. The van der Waals surface area contributed by atoms with Crippen molar-refractivity contribution >= 4 is 21.2 Å². The number of sulfone groups is 1. The number of aliphatic hydroxyl groups excluding tert-OH is 1. The quantitative estimate of drug-likeness (QED) is 0.825. The van der Waals surface area contributed by atoms with Crippen molar-refractivity contribution in [1.29, 1.82) is 0 Å². The van der Waals surface area contributed by atoms with Crippen LogP contribution < -0.4 is 5.73 Å². The summed E-state index contributed by atoms with van der Waals surface area (Å²) in [6.07, 6.45) is -0.477. The lowest BCUT2D eigenvalue weighted by atomic mass is 9.82. The molecule has 1 aromatic heterocycles. The van der Waals surface area contributed by atoms with E-state index in [1.165, 1.54) is 11.3 Å². The first-order valence-corrected chi connectivity index (χ1v) is 8.09. The van der Waals surface area contributed by atoms with Crippen LogP contribution in [0.1, 0.15) is 23.2 Å². The fourth-order valence-corrected chi connectivity index (χ4v) is 5.27. The zero-order valence-electron chi connectivity index (χ0n) is 9.59. The van der Waals surface area contributed by atoms with E-state index in [9.17, 15) is 13.5 Å². The van der Waals surface area contributed by atoms with E-state index in [0.29, 0.717) is 11.4 Å². The van der Waals surface area contributed by atoms with E-state index in [2.05, 4.69) is 4.98 Å². The summed E-state index contributed by atoms with van der Waals surface area (Å²) in [5, 5.41) is 12.7. The van der Waals surface area contributed by atoms with E-state index in [1.807, 2.05) is 12.3 Å². The molecule has 1 aliphatic heterocycles. The van der Waals surface area contributed by atoms with Crippen LogP contribution in [0.4, 0.5) is 0 Å². The van der Waals surface area contributed by atoms with Crippen LogP contribution in [0, 0.1) is 12.3 Å². The molecular formula is C10H16N2O3S2. The third-order valence-corrected chi connectivity index (χ3v) is 6.13. The van der Waals surface area contributed by atoms with E-state index in [0.717, 1.165) is 5.69 Å². The van der Waals surface area contributed by atoms with Crippen molar-refractivity contribution in [3.63, 3.8) is 0 Å². The summed E-state index contributed by atoms with van der Waals surface area (Å²) in [6, 6.07) is 0. The monoisotopic (exact) mass is 276 g/mol. The van der Waals surface area contributed by atoms with Crippen molar-refractivity contribution in [2.75, 3.05) is 18.1 Å². The first-order chi connectivity index (χ1) is 7.88. The molecule has 96 valence electrons. The zero-order valence-corrected chi connectivity index (χ0v) is 11.2. The minimum Gasteiger partial charge on any atom is -0.385 e. The molecule has 5 nitrogen and oxygen atoms in total. The van der Waals surface area contributed by atoms with Crippen molar-refractivity contribution in [1.82, 2.24) is 4.98 Å². The predicted molar refractivity (Wildman–Crippen MR) is 66.6 cm³/mol. The van der Waals surface area contributed by atoms with Gasteiger partial charge in [-0.2, -0.15) is 0 Å². The summed E-state index contributed by atoms with van der Waals surface area (Å²) in [5.74, 6) is 0.0575. The van der Waals surface area contributed by atoms with Gasteiger partial charge in [0.2, 0.25) is 0 Å². The minimum absolute atomic E-state index is 0.0453. The number of aliphatic hydroxyl groups is 1. The maximum absolute atomic E-state index is 11.6. The van der Waals surface area contributed by atoms with Gasteiger partial charge in [0.15, 0.2) is 9.84 Å². The van der Waals surface area contributed by atoms with Gasteiger partial charge in [-0.25, -0.2) is 13.4 Å². The van der Waals surface area contributed by atoms with E-state index in [4.69, 9.17) is 5.73 Å². The van der Waals surface area contributed by atoms with E-state index >= 15 is 0 Å². The van der Waals surface area contributed by atoms with Crippen LogP contribution in [0.5, 0.6) is 0 Å². The van der Waals surface area contributed by atoms with Crippen molar-refractivity contribution < 1.29 is 13.5 Å². The Morgan fingerprint density at radius 1 is 1.71 bits per heavy atom. The Balaban J connectivity index is 2.31. The Kier molecular flexibility index (Phi) is 3.28. The van der Waals surface area contributed by atoms with Crippen molar-refractivity contribution in [2.45, 2.75) is 19.4 Å². The molecule has 0 bridgehead atoms. The van der Waals surface area contributed by atoms with Gasteiger partial charge in [0.1, 0.15) is 11.1 Å². The van der Waals surface area contributed by atoms with Crippen LogP contribution in [0.25, 0.3) is 0 Å². The SMILES string of the molecule is Cc1csc(C(O)C2(CN)CCS(=O)(=O)C2)n1. The van der Waals surface area contributed by atoms with Crippen LogP contribution in [-0.4, -0.2) is 36.6 Å². The lowest BCUT2D eigenvalue weighted by Gasteiger charge is -2.30. The second-order valence-corrected chi connectivity index (χ2v) is 7.71. The molecule has 0 amide bonds. The molecular weight excluding hydrogens is 260 g/mol. The summed E-state index contributed by atoms with van der Waals surface area (Å²) in [6.45, 7) is 2.00. The number of aromatic nitrogens is 1. The Morgan fingerprint density at radius 2 is 2.41 bits per heavy atom. The molecule has 1 saturated heterocycles. The molecule has 0 aliphatic carbocycles. The average Bonchev–Trinajstić information content (AvgIpc) is 2.82. The highest BCUT2D eigenvalue weighted by atomic mass is 32.2. The number of nitrogens with zero attached hydrogens (tertiary/aromatic N) is 1. The van der Waals surface area contributed by atoms with E-state index in [1.54, 1.807) is 0 Å². The van der Waals surface area contributed by atoms with Crippen LogP contribution in [0.2, 0.25) is 0 Å². The lowest BCUT2D eigenvalue weighted by molar-refractivity contribution is 0.0469. The molecule has 1 fully saturated rings. The average molecular weight is 276 g/mol. The maximum Gasteiger partial charge on any atom is 0.151 e. The van der Waals surface area contributed by atoms with E-state index < -0.39 is 21.4 Å². The van der Waals surface area contributed by atoms with Gasteiger partial charge in [-0.1, -0.05) is 0 Å². The molecule has 1 aromatic rings. The topological polar surface area (TPSA) is 93.3 Å². The molecule has 3 N–H and O–H groups in total. The maximum atomic E-state index is 11.6. The standard InChI is InChI=1S/C10H16N2O3S2/c1-7-4-16-9(12-7)8(13)10(5-11)2-3-17(14,15)6-10/h4,8,13H,2-3,5-6,11H2,1H3. The Morgan fingerprint density at radius 3 is 2.82 bits per heavy atom. The fraction of sp³-hybridized carbons (Fsp3) is 0.700. The second kappa shape index (κ2) is 4.31. The number of hydrogen-bond acceptors (Lipinski definition) is 6. The van der Waals surface area contributed by atoms with Gasteiger partial charge in [-0.15, -0.1) is 11.3 Å². The van der Waals surface area contributed by atoms with Gasteiger partial charge in [0.05, 0.1) is 11.5 Å². The first-order valence-electron chi connectivity index (χ1n) is 5.39. The molecule has 1 aliphatic rings. The van der Waals surface area contributed by atoms with Gasteiger partial charge < -0.3 is 10.8 Å². The Hall–Kier alpha value is -0.500. The fourth-order valence-electron chi connectivity index (χ4n) is 2.19. The molecule has 0 aromatic carbocycles. The summed E-state index contributed by atoms with van der Waals surface area (Å²) in [4.78, 5) is 4.21. The molecule has 2 atom stereocenters. The largest absolute Gasteiger partial charge is 0.385 e. The molecule has 0 saturated carbocycles. The van der Waals surface area contributed by atoms with Crippen molar-refractivity contribution in [3.05, 3.63) is 16.1 Å². The summed E-state index contributed by atoms with van der Waals surface area (Å²) < 4.78 is 23.1. The third-order valence-electron chi connectivity index (χ3n) is 3.28. The summed E-state index contributed by atoms with van der Waals surface area (Å²) >= 11 is 1.35. The van der Waals surface area contributed by atoms with Crippen molar-refractivity contribution in [3.8, 4) is 0 Å². The molecule has 17 heavy (non-hydrogen) atoms. The lowest BCUT2D eigenvalue weighted by Crippen LogP contribution is -2.38. The van der Waals surface area contributed by atoms with Crippen LogP contribution in [0.3, 0.4) is 0 Å². The highest BCUT2D eigenvalue weighted by Crippen LogP contribution is 2.43. The number of hydrogen-bond donors (Lipinski definition) is 2. The molecule has 2 unspecified atom stereocenters. The third kappa shape index (κ3) is 2.37. The van der Waals surface area contributed by atoms with Crippen LogP contribution in [-0.2, 0) is 9.84 Å². The second-order valence-electron chi connectivity index (χ2n) is 4.64. The first kappa shape index (κ1) is 12.9. The van der Waals surface area contributed by atoms with Gasteiger partial charge in [-0.3, -0.25) is 0 Å². The number of thiazole rings is 1. The number of nitrogens with two attached hydrogens (primary N) is 1. The molecule has 7 heteroatoms. The molecule has 0 spiro atoms. The number of rotatable bonds is 3. The van der Waals surface area contributed by atoms with Crippen LogP contribution >= 0.6 is 11.3 Å². The Labute approximate surface area is 105 Å². The smallest absolute Gasteiger partial charge is 0.151 e. The predicted octanol–water partition coefficient (Wildman–Crippen LogP) is 0.249. The summed E-state index contributed by atoms with van der Waals surface area (Å²) in [5.41, 5.74) is 5.76. The molecule has 2 heterocycles. The van der Waals surface area contributed by atoms with E-state index in [-0.39, 0.29) is 18.1 Å². The molecule has 0 radical (unpaired) electrons. The number of aryl methyl sites for hydroxylation is 1. The summed E-state index contributed by atoms with van der Waals surface area (Å²) in [7, 11) is -3.08. The van der Waals surface area contributed by atoms with Gasteiger partial charge in [0.25, 0.3) is 0 Å². The Bertz CT molecular complexity index is 511. The van der Waals surface area contributed by atoms with Gasteiger partial charge in [-0.05, 0) is 13.3 Å². The van der Waals surface area contributed by atoms with Gasteiger partial charge in [0, 0.05) is 23.0 Å². The van der Waals surface area contributed by atoms with Gasteiger partial charge >= 0.3 is 0 Å². The normalized spacial score (nSPS) is 29.4. The van der Waals surface area contributed by atoms with Crippen LogP contribution in [0.15, 0.2) is 5.38 Å².